The Labute approximate surface area is 264 Å². The highest BCUT2D eigenvalue weighted by molar-refractivity contribution is 6.09. The molecule has 1 unspecified atom stereocenters. The molecule has 16 heteroatoms. The first kappa shape index (κ1) is 32.4. The monoisotopic (exact) mass is 661 g/mol. The molecule has 3 aromatic heterocycles. The van der Waals surface area contributed by atoms with Crippen molar-refractivity contribution < 1.29 is 35.8 Å². The van der Waals surface area contributed by atoms with Crippen LogP contribution in [0, 0.1) is 0 Å². The number of para-hydroxylation sites is 1. The van der Waals surface area contributed by atoms with Crippen molar-refractivity contribution in [2.45, 2.75) is 44.1 Å². The standard InChI is InChI=1S/C16H20F2N4O3.C15H12F3N3O/c1-10-16(8-24-9-16)25-3-2-22(10)13-4-11(6-20-14(13)23)12(5-19)7-21-15(17)18;16-15(17,18)14-19-11-9-5-1-2-6-10(9)22-12(11)13(20-14)21-7-3-4-8-21/h4-7,10,15H,2-3,8-9,19H2,1H3,(H,20,23);1-2,5-6H,3-4,7-8H2/b12-5+,21-7+;. The molecule has 250 valence electrons. The summed E-state index contributed by atoms with van der Waals surface area (Å²) < 4.78 is 80.8. The predicted molar refractivity (Wildman–Crippen MR) is 166 cm³/mol. The Morgan fingerprint density at radius 2 is 1.91 bits per heavy atom. The smallest absolute Gasteiger partial charge is 0.450 e. The van der Waals surface area contributed by atoms with E-state index < -0.39 is 24.2 Å². The van der Waals surface area contributed by atoms with Gasteiger partial charge in [-0.3, -0.25) is 4.79 Å². The fourth-order valence-corrected chi connectivity index (χ4v) is 5.95. The number of aromatic amines is 1. The van der Waals surface area contributed by atoms with Gasteiger partial charge >= 0.3 is 12.7 Å². The number of anilines is 2. The molecule has 3 N–H and O–H groups in total. The van der Waals surface area contributed by atoms with Crippen molar-refractivity contribution in [2.24, 2.45) is 10.7 Å². The third-order valence-corrected chi connectivity index (χ3v) is 8.54. The molecule has 1 spiro atoms. The fourth-order valence-electron chi connectivity index (χ4n) is 5.95. The minimum absolute atomic E-state index is 0.0635. The van der Waals surface area contributed by atoms with Crippen molar-refractivity contribution in [3.05, 3.63) is 64.5 Å². The van der Waals surface area contributed by atoms with E-state index in [1.54, 1.807) is 30.3 Å². The summed E-state index contributed by atoms with van der Waals surface area (Å²) in [6, 6.07) is 8.52. The van der Waals surface area contributed by atoms with Gasteiger partial charge in [0.15, 0.2) is 11.4 Å². The third-order valence-electron chi connectivity index (χ3n) is 8.54. The second-order valence-electron chi connectivity index (χ2n) is 11.4. The maximum absolute atomic E-state index is 13.1. The van der Waals surface area contributed by atoms with Crippen molar-refractivity contribution in [2.75, 3.05) is 49.3 Å². The van der Waals surface area contributed by atoms with Crippen molar-refractivity contribution in [1.29, 1.82) is 0 Å². The number of alkyl halides is 5. The second-order valence-corrected chi connectivity index (χ2v) is 11.4. The summed E-state index contributed by atoms with van der Waals surface area (Å²) in [5, 5.41) is 0.575. The molecule has 3 aliphatic rings. The lowest BCUT2D eigenvalue weighted by molar-refractivity contribution is -0.228. The second kappa shape index (κ2) is 12.9. The quantitative estimate of drug-likeness (QED) is 0.173. The average molecular weight is 662 g/mol. The Morgan fingerprint density at radius 1 is 1.17 bits per heavy atom. The zero-order valence-corrected chi connectivity index (χ0v) is 25.3. The number of aromatic nitrogens is 3. The van der Waals surface area contributed by atoms with Gasteiger partial charge in [-0.15, -0.1) is 0 Å². The number of morpholine rings is 1. The van der Waals surface area contributed by atoms with E-state index in [1.165, 1.54) is 12.4 Å². The van der Waals surface area contributed by atoms with Crippen LogP contribution >= 0.6 is 0 Å². The third kappa shape index (κ3) is 6.39. The molecule has 3 aliphatic heterocycles. The average Bonchev–Trinajstić information content (AvgIpc) is 3.69. The van der Waals surface area contributed by atoms with Crippen LogP contribution in [0.5, 0.6) is 0 Å². The molecule has 7 rings (SSSR count). The Hall–Kier alpha value is -4.57. The molecule has 47 heavy (non-hydrogen) atoms. The summed E-state index contributed by atoms with van der Waals surface area (Å²) in [5.74, 6) is -0.875. The summed E-state index contributed by atoms with van der Waals surface area (Å²) >= 11 is 0. The summed E-state index contributed by atoms with van der Waals surface area (Å²) in [7, 11) is 0. The largest absolute Gasteiger partial charge is 0.451 e. The molecule has 0 saturated carbocycles. The number of furan rings is 1. The van der Waals surface area contributed by atoms with Crippen LogP contribution in [0.15, 0.2) is 56.9 Å². The number of fused-ring (bicyclic) bond motifs is 3. The lowest BCUT2D eigenvalue weighted by Gasteiger charge is -2.53. The van der Waals surface area contributed by atoms with Crippen LogP contribution in [0.2, 0.25) is 0 Å². The number of nitrogens with zero attached hydrogens (tertiary/aromatic N) is 5. The molecule has 0 amide bonds. The number of nitrogens with two attached hydrogens (primary N) is 1. The van der Waals surface area contributed by atoms with E-state index in [9.17, 15) is 26.7 Å². The van der Waals surface area contributed by atoms with Gasteiger partial charge in [-0.2, -0.15) is 22.0 Å². The minimum Gasteiger partial charge on any atom is -0.450 e. The number of benzene rings is 1. The maximum atomic E-state index is 13.1. The Kier molecular flexibility index (Phi) is 8.89. The van der Waals surface area contributed by atoms with Crippen molar-refractivity contribution in [1.82, 2.24) is 15.0 Å². The molecule has 0 aliphatic carbocycles. The predicted octanol–water partition coefficient (Wildman–Crippen LogP) is 4.96. The number of rotatable bonds is 5. The van der Waals surface area contributed by atoms with Gasteiger partial charge in [-0.1, -0.05) is 12.1 Å². The molecule has 11 nitrogen and oxygen atoms in total. The van der Waals surface area contributed by atoms with Crippen LogP contribution < -0.4 is 21.1 Å². The van der Waals surface area contributed by atoms with E-state index in [4.69, 9.17) is 19.6 Å². The lowest BCUT2D eigenvalue weighted by Crippen LogP contribution is -2.68. The minimum atomic E-state index is -4.58. The van der Waals surface area contributed by atoms with Crippen molar-refractivity contribution in [3.8, 4) is 0 Å². The van der Waals surface area contributed by atoms with E-state index >= 15 is 0 Å². The summed E-state index contributed by atoms with van der Waals surface area (Å²) in [6.45, 7) is 2.50. The molecule has 0 bridgehead atoms. The summed E-state index contributed by atoms with van der Waals surface area (Å²) in [5.41, 5.74) is 7.14. The summed E-state index contributed by atoms with van der Waals surface area (Å²) in [4.78, 5) is 29.3. The number of ether oxygens (including phenoxy) is 2. The molecule has 1 aromatic carbocycles. The van der Waals surface area contributed by atoms with Gasteiger partial charge < -0.3 is 34.4 Å². The van der Waals surface area contributed by atoms with E-state index in [-0.39, 0.29) is 22.9 Å². The first-order valence-electron chi connectivity index (χ1n) is 15.0. The SMILES string of the molecule is CC1N(c2cc(C(=C/N)/C=N/C(F)F)c[nH]c2=O)CCOC12COC2.FC(F)(F)c1nc(N2CCCC2)c2oc3ccccc3c2n1. The molecule has 6 heterocycles. The normalized spacial score (nSPS) is 20.0. The lowest BCUT2D eigenvalue weighted by atomic mass is 9.90. The van der Waals surface area contributed by atoms with Gasteiger partial charge in [0.2, 0.25) is 5.82 Å². The van der Waals surface area contributed by atoms with Gasteiger partial charge in [-0.25, -0.2) is 15.0 Å². The molecule has 1 atom stereocenters. The Morgan fingerprint density at radius 3 is 2.57 bits per heavy atom. The molecule has 0 radical (unpaired) electrons. The number of hydrogen-bond acceptors (Lipinski definition) is 10. The molecule has 3 saturated heterocycles. The molecule has 3 fully saturated rings. The highest BCUT2D eigenvalue weighted by Crippen LogP contribution is 2.38. The molecular formula is C31H32F5N7O4. The van der Waals surface area contributed by atoms with Gasteiger partial charge in [0.1, 0.15) is 22.4 Å². The van der Waals surface area contributed by atoms with E-state index in [2.05, 4.69) is 19.9 Å². The van der Waals surface area contributed by atoms with Gasteiger partial charge in [0, 0.05) is 54.8 Å². The maximum Gasteiger partial charge on any atom is 0.451 e. The molecular weight excluding hydrogens is 629 g/mol. The van der Waals surface area contributed by atoms with Crippen molar-refractivity contribution in [3.63, 3.8) is 0 Å². The Bertz CT molecular complexity index is 1860. The van der Waals surface area contributed by atoms with E-state index in [1.807, 2.05) is 16.7 Å². The van der Waals surface area contributed by atoms with Crippen molar-refractivity contribution >= 4 is 45.4 Å². The zero-order valence-electron chi connectivity index (χ0n) is 25.3. The van der Waals surface area contributed by atoms with Crippen LogP contribution in [0.4, 0.5) is 33.5 Å². The number of pyridine rings is 1. The number of halogens is 5. The van der Waals surface area contributed by atoms with E-state index in [0.717, 1.165) is 19.1 Å². The fraction of sp³-hybridized carbons (Fsp3) is 0.419. The van der Waals surface area contributed by atoms with Gasteiger partial charge in [0.25, 0.3) is 5.56 Å². The summed E-state index contributed by atoms with van der Waals surface area (Å²) in [6.07, 6.45) is 0.885. The van der Waals surface area contributed by atoms with Crippen LogP contribution in [0.25, 0.3) is 27.6 Å². The number of allylic oxidation sites excluding steroid dienone is 1. The topological polar surface area (TPSA) is 135 Å². The van der Waals surface area contributed by atoms with E-state index in [0.29, 0.717) is 72.8 Å². The number of aliphatic imine (C=N–C) groups is 1. The first-order chi connectivity index (χ1) is 22.5. The van der Waals surface area contributed by atoms with Crippen LogP contribution in [-0.2, 0) is 15.7 Å². The zero-order chi connectivity index (χ0) is 33.3. The number of H-pyrrole nitrogens is 1. The number of nitrogens with one attached hydrogen (secondary N) is 1. The highest BCUT2D eigenvalue weighted by Gasteiger charge is 2.50. The molecule has 4 aromatic rings. The van der Waals surface area contributed by atoms with Crippen LogP contribution in [0.3, 0.4) is 0 Å². The van der Waals surface area contributed by atoms with Crippen LogP contribution in [0.1, 0.15) is 31.2 Å². The van der Waals surface area contributed by atoms with Crippen LogP contribution in [-0.4, -0.2) is 78.8 Å². The highest BCUT2D eigenvalue weighted by atomic mass is 19.4. The van der Waals surface area contributed by atoms with Gasteiger partial charge in [0.05, 0.1) is 25.9 Å². The number of hydrogen-bond donors (Lipinski definition) is 2. The van der Waals surface area contributed by atoms with Gasteiger partial charge in [-0.05, 0) is 38.0 Å². The first-order valence-corrected chi connectivity index (χ1v) is 15.0. The Balaban J connectivity index is 0.000000165.